The van der Waals surface area contributed by atoms with Crippen molar-refractivity contribution in [2.75, 3.05) is 6.61 Å². The summed E-state index contributed by atoms with van der Waals surface area (Å²) in [6, 6.07) is 5.53. The largest absolute Gasteiger partial charge is 0.466 e. The van der Waals surface area contributed by atoms with Crippen LogP contribution in [-0.2, 0) is 16.0 Å². The molecule has 0 atom stereocenters. The summed E-state index contributed by atoms with van der Waals surface area (Å²) < 4.78 is 5.68. The summed E-state index contributed by atoms with van der Waals surface area (Å²) in [6.07, 6.45) is 0.151. The lowest BCUT2D eigenvalue weighted by molar-refractivity contribution is -0.142. The second kappa shape index (κ2) is 6.11. The number of halogens is 1. The van der Waals surface area contributed by atoms with Crippen LogP contribution in [0, 0.1) is 14.9 Å². The minimum atomic E-state index is -0.303. The van der Waals surface area contributed by atoms with Gasteiger partial charge in [-0.3, -0.25) is 4.79 Å². The third-order valence-corrected chi connectivity index (χ3v) is 3.24. The highest BCUT2D eigenvalue weighted by Gasteiger charge is 2.10. The van der Waals surface area contributed by atoms with Crippen LogP contribution in [0.15, 0.2) is 17.0 Å². The van der Waals surface area contributed by atoms with Gasteiger partial charge in [-0.15, -0.1) is 12.6 Å². The predicted molar refractivity (Wildman–Crippen MR) is 71.5 cm³/mol. The number of thiol groups is 1. The first-order chi connectivity index (χ1) is 7.58. The molecule has 0 aliphatic heterocycles. The summed E-state index contributed by atoms with van der Waals surface area (Å²) in [6.45, 7) is 2.12. The fourth-order valence-corrected chi connectivity index (χ4v) is 2.31. The first-order valence-corrected chi connectivity index (χ1v) is 6.18. The lowest BCUT2D eigenvalue weighted by Gasteiger charge is -2.06. The van der Waals surface area contributed by atoms with Crippen LogP contribution in [-0.4, -0.2) is 12.6 Å². The normalized spacial score (nSPS) is 9.62. The predicted octanol–water partition coefficient (Wildman–Crippen LogP) is 2.56. The zero-order chi connectivity index (χ0) is 12.1. The van der Waals surface area contributed by atoms with E-state index in [9.17, 15) is 4.79 Å². The van der Waals surface area contributed by atoms with E-state index in [1.165, 1.54) is 0 Å². The Bertz CT molecular complexity index is 454. The quantitative estimate of drug-likeness (QED) is 0.519. The van der Waals surface area contributed by atoms with E-state index in [0.717, 1.165) is 9.13 Å². The van der Waals surface area contributed by atoms with Crippen molar-refractivity contribution in [1.82, 2.24) is 0 Å². The number of nitriles is 1. The molecule has 16 heavy (non-hydrogen) atoms. The molecule has 5 heteroatoms. The lowest BCUT2D eigenvalue weighted by Crippen LogP contribution is -2.08. The Hall–Kier alpha value is -0.740. The van der Waals surface area contributed by atoms with E-state index in [1.807, 2.05) is 0 Å². The Morgan fingerprint density at radius 1 is 1.62 bits per heavy atom. The number of hydrogen-bond acceptors (Lipinski definition) is 4. The van der Waals surface area contributed by atoms with Gasteiger partial charge >= 0.3 is 5.97 Å². The van der Waals surface area contributed by atoms with Crippen molar-refractivity contribution in [2.24, 2.45) is 0 Å². The van der Waals surface area contributed by atoms with E-state index >= 15 is 0 Å². The molecule has 0 heterocycles. The van der Waals surface area contributed by atoms with Crippen molar-refractivity contribution in [3.8, 4) is 6.07 Å². The highest BCUT2D eigenvalue weighted by molar-refractivity contribution is 14.1. The molecule has 0 saturated carbocycles. The summed E-state index contributed by atoms with van der Waals surface area (Å²) in [4.78, 5) is 12.0. The second-order valence-electron chi connectivity index (χ2n) is 3.05. The van der Waals surface area contributed by atoms with Gasteiger partial charge in [0.15, 0.2) is 0 Å². The van der Waals surface area contributed by atoms with Crippen LogP contribution in [0.4, 0.5) is 0 Å². The molecular weight excluding hydrogens is 337 g/mol. The number of rotatable bonds is 3. The first kappa shape index (κ1) is 13.3. The SMILES string of the molecule is CCOC(=O)Cc1cc(C#N)c(I)cc1S. The van der Waals surface area contributed by atoms with Gasteiger partial charge in [-0.1, -0.05) is 0 Å². The van der Waals surface area contributed by atoms with E-state index in [0.29, 0.717) is 17.1 Å². The number of benzene rings is 1. The molecule has 0 radical (unpaired) electrons. The maximum atomic E-state index is 11.3. The third-order valence-electron chi connectivity index (χ3n) is 1.93. The average molecular weight is 347 g/mol. The van der Waals surface area contributed by atoms with Crippen LogP contribution >= 0.6 is 35.2 Å². The van der Waals surface area contributed by atoms with Crippen molar-refractivity contribution in [2.45, 2.75) is 18.2 Å². The Labute approximate surface area is 113 Å². The van der Waals surface area contributed by atoms with Gasteiger partial charge in [-0.05, 0) is 47.2 Å². The molecule has 0 amide bonds. The molecule has 0 unspecified atom stereocenters. The van der Waals surface area contributed by atoms with E-state index in [2.05, 4.69) is 41.3 Å². The Balaban J connectivity index is 2.97. The van der Waals surface area contributed by atoms with E-state index in [4.69, 9.17) is 10.00 Å². The summed E-state index contributed by atoms with van der Waals surface area (Å²) in [5, 5.41) is 8.88. The third kappa shape index (κ3) is 3.39. The minimum absolute atomic E-state index is 0.151. The smallest absolute Gasteiger partial charge is 0.310 e. The van der Waals surface area contributed by atoms with Crippen molar-refractivity contribution in [3.63, 3.8) is 0 Å². The fraction of sp³-hybridized carbons (Fsp3) is 0.273. The van der Waals surface area contributed by atoms with Crippen LogP contribution in [0.5, 0.6) is 0 Å². The second-order valence-corrected chi connectivity index (χ2v) is 4.70. The number of ether oxygens (including phenoxy) is 1. The van der Waals surface area contributed by atoms with Crippen molar-refractivity contribution in [1.29, 1.82) is 5.26 Å². The molecule has 0 fully saturated rings. The zero-order valence-electron chi connectivity index (χ0n) is 8.66. The molecule has 3 nitrogen and oxygen atoms in total. The molecule has 0 bridgehead atoms. The van der Waals surface area contributed by atoms with E-state index < -0.39 is 0 Å². The Kier molecular flexibility index (Phi) is 5.09. The molecule has 0 aliphatic rings. The molecule has 0 aliphatic carbocycles. The highest BCUT2D eigenvalue weighted by Crippen LogP contribution is 2.22. The molecule has 1 aromatic rings. The summed E-state index contributed by atoms with van der Waals surface area (Å²) in [7, 11) is 0. The maximum absolute atomic E-state index is 11.3. The van der Waals surface area contributed by atoms with Crippen molar-refractivity contribution >= 4 is 41.2 Å². The van der Waals surface area contributed by atoms with Gasteiger partial charge < -0.3 is 4.74 Å². The lowest BCUT2D eigenvalue weighted by atomic mass is 10.1. The van der Waals surface area contributed by atoms with Crippen LogP contribution in [0.2, 0.25) is 0 Å². The van der Waals surface area contributed by atoms with Crippen LogP contribution in [0.1, 0.15) is 18.1 Å². The molecule has 84 valence electrons. The number of nitrogens with zero attached hydrogens (tertiary/aromatic N) is 1. The molecule has 0 saturated heterocycles. The minimum Gasteiger partial charge on any atom is -0.466 e. The van der Waals surface area contributed by atoms with Gasteiger partial charge in [0.2, 0.25) is 0 Å². The topological polar surface area (TPSA) is 50.1 Å². The monoisotopic (exact) mass is 347 g/mol. The van der Waals surface area contributed by atoms with E-state index in [-0.39, 0.29) is 12.4 Å². The fourth-order valence-electron chi connectivity index (χ4n) is 1.20. The molecule has 1 aromatic carbocycles. The highest BCUT2D eigenvalue weighted by atomic mass is 127. The van der Waals surface area contributed by atoms with Crippen molar-refractivity contribution in [3.05, 3.63) is 26.8 Å². The van der Waals surface area contributed by atoms with Gasteiger partial charge in [0, 0.05) is 8.47 Å². The number of carbonyl (C=O) groups is 1. The van der Waals surface area contributed by atoms with Gasteiger partial charge in [-0.25, -0.2) is 0 Å². The van der Waals surface area contributed by atoms with Gasteiger partial charge in [0.05, 0.1) is 18.6 Å². The standard InChI is InChI=1S/C11H10INO2S/c1-2-15-11(14)4-7-3-8(6-13)9(12)5-10(7)16/h3,5,16H,2,4H2,1H3. The van der Waals surface area contributed by atoms with Gasteiger partial charge in [0.1, 0.15) is 6.07 Å². The maximum Gasteiger partial charge on any atom is 0.310 e. The Morgan fingerprint density at radius 3 is 2.88 bits per heavy atom. The van der Waals surface area contributed by atoms with Crippen LogP contribution < -0.4 is 0 Å². The number of hydrogen-bond donors (Lipinski definition) is 1. The number of esters is 1. The molecule has 0 spiro atoms. The molecular formula is C11H10INO2S. The van der Waals surface area contributed by atoms with Crippen LogP contribution in [0.3, 0.4) is 0 Å². The van der Waals surface area contributed by atoms with Crippen LogP contribution in [0.25, 0.3) is 0 Å². The zero-order valence-corrected chi connectivity index (χ0v) is 11.7. The average Bonchev–Trinajstić information content (AvgIpc) is 2.22. The van der Waals surface area contributed by atoms with Crippen molar-refractivity contribution < 1.29 is 9.53 Å². The van der Waals surface area contributed by atoms with Gasteiger partial charge in [-0.2, -0.15) is 5.26 Å². The molecule has 0 aromatic heterocycles. The number of carbonyl (C=O) groups excluding carboxylic acids is 1. The molecule has 1 rings (SSSR count). The molecule has 0 N–H and O–H groups in total. The summed E-state index contributed by atoms with van der Waals surface area (Å²) in [5.41, 5.74) is 1.27. The summed E-state index contributed by atoms with van der Waals surface area (Å²) >= 11 is 6.34. The van der Waals surface area contributed by atoms with E-state index in [1.54, 1.807) is 19.1 Å². The first-order valence-electron chi connectivity index (χ1n) is 4.65. The Morgan fingerprint density at radius 2 is 2.31 bits per heavy atom. The summed E-state index contributed by atoms with van der Waals surface area (Å²) in [5.74, 6) is -0.303. The van der Waals surface area contributed by atoms with Gasteiger partial charge in [0.25, 0.3) is 0 Å².